The van der Waals surface area contributed by atoms with E-state index in [1.165, 1.54) is 11.3 Å². The molecule has 0 radical (unpaired) electrons. The number of amides is 1. The van der Waals surface area contributed by atoms with Crippen LogP contribution in [0.1, 0.15) is 41.1 Å². The maximum absolute atomic E-state index is 12.8. The highest BCUT2D eigenvalue weighted by Gasteiger charge is 2.32. The number of thiophene rings is 1. The predicted molar refractivity (Wildman–Crippen MR) is 106 cm³/mol. The Morgan fingerprint density at radius 3 is 2.86 bits per heavy atom. The minimum Gasteiger partial charge on any atom is -0.485 e. The molecule has 148 valence electrons. The molecule has 1 aromatic heterocycles. The van der Waals surface area contributed by atoms with Gasteiger partial charge in [-0.2, -0.15) is 0 Å². The van der Waals surface area contributed by atoms with Crippen LogP contribution in [0, 0.1) is 5.92 Å². The number of hydrogen-bond donors (Lipinski definition) is 1. The Kier molecular flexibility index (Phi) is 5.26. The third kappa shape index (κ3) is 3.58. The summed E-state index contributed by atoms with van der Waals surface area (Å²) in [5.74, 6) is 1.03. The fourth-order valence-electron chi connectivity index (χ4n) is 3.60. The number of ether oxygens (including phenoxy) is 3. The first-order valence-electron chi connectivity index (χ1n) is 9.57. The van der Waals surface area contributed by atoms with Crippen molar-refractivity contribution < 1.29 is 23.8 Å². The summed E-state index contributed by atoms with van der Waals surface area (Å²) in [5, 5.41) is 3.44. The van der Waals surface area contributed by atoms with Gasteiger partial charge in [0.15, 0.2) is 11.5 Å². The molecule has 1 aromatic carbocycles. The first kappa shape index (κ1) is 18.8. The Bertz CT molecular complexity index is 906. The molecule has 0 saturated heterocycles. The van der Waals surface area contributed by atoms with Crippen LogP contribution in [0.25, 0.3) is 0 Å². The van der Waals surface area contributed by atoms with Gasteiger partial charge in [-0.1, -0.05) is 19.1 Å². The Balaban J connectivity index is 1.57. The van der Waals surface area contributed by atoms with Crippen molar-refractivity contribution >= 4 is 28.2 Å². The molecule has 1 aliphatic carbocycles. The molecule has 2 atom stereocenters. The molecule has 2 heterocycles. The van der Waals surface area contributed by atoms with Gasteiger partial charge in [-0.25, -0.2) is 4.79 Å². The van der Waals surface area contributed by atoms with Crippen LogP contribution in [0.4, 0.5) is 5.00 Å². The molecule has 1 amide bonds. The smallest absolute Gasteiger partial charge is 0.341 e. The highest BCUT2D eigenvalue weighted by atomic mass is 32.1. The fourth-order valence-corrected chi connectivity index (χ4v) is 5.00. The van der Waals surface area contributed by atoms with Crippen LogP contribution in [0.3, 0.4) is 0 Å². The lowest BCUT2D eigenvalue weighted by molar-refractivity contribution is -0.125. The van der Waals surface area contributed by atoms with Crippen molar-refractivity contribution in [1.29, 1.82) is 0 Å². The van der Waals surface area contributed by atoms with Crippen molar-refractivity contribution in [2.45, 2.75) is 39.2 Å². The number of anilines is 1. The lowest BCUT2D eigenvalue weighted by Crippen LogP contribution is -2.40. The van der Waals surface area contributed by atoms with E-state index in [0.29, 0.717) is 34.6 Å². The van der Waals surface area contributed by atoms with Crippen molar-refractivity contribution in [3.05, 3.63) is 40.3 Å². The highest BCUT2D eigenvalue weighted by Crippen LogP contribution is 2.40. The second-order valence-corrected chi connectivity index (χ2v) is 8.24. The summed E-state index contributed by atoms with van der Waals surface area (Å²) in [6.45, 7) is 4.40. The summed E-state index contributed by atoms with van der Waals surface area (Å²) in [7, 11) is 0. The largest absolute Gasteiger partial charge is 0.485 e. The van der Waals surface area contributed by atoms with Crippen LogP contribution >= 0.6 is 11.3 Å². The molecule has 6 nitrogen and oxygen atoms in total. The summed E-state index contributed by atoms with van der Waals surface area (Å²) < 4.78 is 16.7. The first-order chi connectivity index (χ1) is 13.6. The number of benzene rings is 1. The SMILES string of the molecule is CCOC(=O)c1c(NC(=O)[C@H]2COc3ccccc3O2)sc2c1CC[C@@H](C)C2. The van der Waals surface area contributed by atoms with Crippen LogP contribution in [0.5, 0.6) is 11.5 Å². The van der Waals surface area contributed by atoms with Crippen molar-refractivity contribution in [3.8, 4) is 11.5 Å². The molecule has 2 aliphatic rings. The lowest BCUT2D eigenvalue weighted by atomic mass is 9.88. The van der Waals surface area contributed by atoms with Crippen molar-refractivity contribution in [2.24, 2.45) is 5.92 Å². The summed E-state index contributed by atoms with van der Waals surface area (Å²) in [6.07, 6.45) is 1.99. The number of esters is 1. The van der Waals surface area contributed by atoms with Crippen LogP contribution < -0.4 is 14.8 Å². The molecule has 28 heavy (non-hydrogen) atoms. The van der Waals surface area contributed by atoms with Crippen molar-refractivity contribution in [2.75, 3.05) is 18.5 Å². The molecular weight excluding hydrogens is 378 g/mol. The van der Waals surface area contributed by atoms with Crippen LogP contribution in [-0.4, -0.2) is 31.2 Å². The molecule has 7 heteroatoms. The summed E-state index contributed by atoms with van der Waals surface area (Å²) in [5.41, 5.74) is 1.52. The molecular formula is C21H23NO5S. The quantitative estimate of drug-likeness (QED) is 0.789. The number of fused-ring (bicyclic) bond motifs is 2. The summed E-state index contributed by atoms with van der Waals surface area (Å²) >= 11 is 1.47. The van der Waals surface area contributed by atoms with E-state index in [4.69, 9.17) is 14.2 Å². The topological polar surface area (TPSA) is 73.9 Å². The lowest BCUT2D eigenvalue weighted by Gasteiger charge is -2.25. The van der Waals surface area contributed by atoms with Gasteiger partial charge in [-0.3, -0.25) is 4.79 Å². The van der Waals surface area contributed by atoms with Crippen LogP contribution in [0.15, 0.2) is 24.3 Å². The van der Waals surface area contributed by atoms with Crippen LogP contribution in [-0.2, 0) is 22.4 Å². The van der Waals surface area contributed by atoms with E-state index in [9.17, 15) is 9.59 Å². The molecule has 1 N–H and O–H groups in total. The third-order valence-corrected chi connectivity index (χ3v) is 6.20. The fraction of sp³-hybridized carbons (Fsp3) is 0.429. The number of nitrogens with one attached hydrogen (secondary N) is 1. The van der Waals surface area contributed by atoms with E-state index in [2.05, 4.69) is 12.2 Å². The molecule has 0 saturated carbocycles. The molecule has 2 aromatic rings. The Hall–Kier alpha value is -2.54. The maximum atomic E-state index is 12.8. The monoisotopic (exact) mass is 401 g/mol. The zero-order valence-electron chi connectivity index (χ0n) is 15.9. The second-order valence-electron chi connectivity index (χ2n) is 7.13. The maximum Gasteiger partial charge on any atom is 0.341 e. The van der Waals surface area contributed by atoms with E-state index in [1.54, 1.807) is 19.1 Å². The van der Waals surface area contributed by atoms with Gasteiger partial charge in [0.1, 0.15) is 11.6 Å². The third-order valence-electron chi connectivity index (χ3n) is 5.03. The van der Waals surface area contributed by atoms with E-state index in [-0.39, 0.29) is 18.5 Å². The first-order valence-corrected chi connectivity index (χ1v) is 10.4. The minimum atomic E-state index is -0.775. The molecule has 1 aliphatic heterocycles. The number of hydrogen-bond acceptors (Lipinski definition) is 6. The van der Waals surface area contributed by atoms with Gasteiger partial charge in [-0.15, -0.1) is 11.3 Å². The van der Waals surface area contributed by atoms with Gasteiger partial charge in [-0.05, 0) is 49.8 Å². The molecule has 4 rings (SSSR count). The summed E-state index contributed by atoms with van der Waals surface area (Å²) in [6, 6.07) is 7.25. The Morgan fingerprint density at radius 1 is 1.29 bits per heavy atom. The minimum absolute atomic E-state index is 0.125. The van der Waals surface area contributed by atoms with Gasteiger partial charge in [0.05, 0.1) is 12.2 Å². The number of para-hydroxylation sites is 2. The second kappa shape index (κ2) is 7.83. The van der Waals surface area contributed by atoms with Gasteiger partial charge in [0.25, 0.3) is 5.91 Å². The molecule has 0 fully saturated rings. The Labute approximate surface area is 167 Å². The van der Waals surface area contributed by atoms with E-state index in [1.807, 2.05) is 12.1 Å². The normalized spacial score (nSPS) is 20.2. The Morgan fingerprint density at radius 2 is 2.07 bits per heavy atom. The van der Waals surface area contributed by atoms with Crippen LogP contribution in [0.2, 0.25) is 0 Å². The summed E-state index contributed by atoms with van der Waals surface area (Å²) in [4.78, 5) is 26.6. The number of carbonyl (C=O) groups is 2. The number of rotatable bonds is 4. The molecule has 0 bridgehead atoms. The van der Waals surface area contributed by atoms with Gasteiger partial charge < -0.3 is 19.5 Å². The van der Waals surface area contributed by atoms with E-state index in [0.717, 1.165) is 29.7 Å². The average molecular weight is 401 g/mol. The van der Waals surface area contributed by atoms with Gasteiger partial charge >= 0.3 is 5.97 Å². The predicted octanol–water partition coefficient (Wildman–Crippen LogP) is 3.83. The highest BCUT2D eigenvalue weighted by molar-refractivity contribution is 7.17. The van der Waals surface area contributed by atoms with E-state index < -0.39 is 6.10 Å². The standard InChI is InChI=1S/C21H23NO5S/c1-3-25-21(24)18-13-9-8-12(2)10-17(13)28-20(18)22-19(23)16-11-26-14-6-4-5-7-15(14)27-16/h4-7,12,16H,3,8-11H2,1-2H3,(H,22,23)/t12-,16-/m1/s1. The van der Waals surface area contributed by atoms with Gasteiger partial charge in [0, 0.05) is 4.88 Å². The van der Waals surface area contributed by atoms with Crippen molar-refractivity contribution in [3.63, 3.8) is 0 Å². The number of carbonyl (C=O) groups excluding carboxylic acids is 2. The van der Waals surface area contributed by atoms with Gasteiger partial charge in [0.2, 0.25) is 6.10 Å². The molecule has 0 unspecified atom stereocenters. The zero-order valence-corrected chi connectivity index (χ0v) is 16.8. The van der Waals surface area contributed by atoms with E-state index >= 15 is 0 Å². The zero-order chi connectivity index (χ0) is 19.7. The van der Waals surface area contributed by atoms with Crippen molar-refractivity contribution in [1.82, 2.24) is 0 Å². The average Bonchev–Trinajstić information content (AvgIpc) is 3.04. The molecule has 0 spiro atoms.